The third-order valence-corrected chi connectivity index (χ3v) is 3.78. The van der Waals surface area contributed by atoms with Crippen molar-refractivity contribution in [1.29, 1.82) is 0 Å². The largest absolute Gasteiger partial charge is 0.354 e. The molecule has 1 rings (SSSR count). The van der Waals surface area contributed by atoms with Crippen LogP contribution in [-0.2, 0) is 0 Å². The van der Waals surface area contributed by atoms with Gasteiger partial charge in [0.15, 0.2) is 0 Å². The molecule has 0 aliphatic carbocycles. The normalized spacial score (nSPS) is 12.9. The highest BCUT2D eigenvalue weighted by Gasteiger charge is 2.11. The SMILES string of the molecule is CCNc1nc(C)cc(SC(C)C(C)C)n1. The van der Waals surface area contributed by atoms with E-state index in [1.807, 2.05) is 24.8 Å². The molecule has 1 unspecified atom stereocenters. The molecule has 0 aromatic carbocycles. The second-order valence-corrected chi connectivity index (χ2v) is 5.67. The molecule has 0 spiro atoms. The van der Waals surface area contributed by atoms with Crippen molar-refractivity contribution in [3.05, 3.63) is 11.8 Å². The maximum absolute atomic E-state index is 4.49. The van der Waals surface area contributed by atoms with Crippen molar-refractivity contribution in [1.82, 2.24) is 9.97 Å². The van der Waals surface area contributed by atoms with E-state index in [4.69, 9.17) is 0 Å². The Kier molecular flexibility index (Phi) is 5.06. The Morgan fingerprint density at radius 1 is 1.31 bits per heavy atom. The molecule has 1 heterocycles. The molecule has 0 radical (unpaired) electrons. The molecule has 4 heteroatoms. The molecule has 0 saturated heterocycles. The van der Waals surface area contributed by atoms with Gasteiger partial charge in [-0.3, -0.25) is 0 Å². The van der Waals surface area contributed by atoms with Gasteiger partial charge in [0, 0.05) is 17.5 Å². The smallest absolute Gasteiger partial charge is 0.223 e. The van der Waals surface area contributed by atoms with E-state index in [0.29, 0.717) is 11.2 Å². The topological polar surface area (TPSA) is 37.8 Å². The molecule has 1 aromatic heterocycles. The third kappa shape index (κ3) is 4.00. The zero-order valence-corrected chi connectivity index (χ0v) is 11.6. The van der Waals surface area contributed by atoms with Crippen molar-refractivity contribution in [2.45, 2.75) is 44.9 Å². The van der Waals surface area contributed by atoms with Crippen molar-refractivity contribution in [2.24, 2.45) is 5.92 Å². The second kappa shape index (κ2) is 6.09. The first kappa shape index (κ1) is 13.3. The first-order valence-corrected chi connectivity index (χ1v) is 6.67. The monoisotopic (exact) mass is 239 g/mol. The molecule has 0 aliphatic heterocycles. The van der Waals surface area contributed by atoms with Crippen LogP contribution in [-0.4, -0.2) is 21.8 Å². The van der Waals surface area contributed by atoms with Crippen molar-refractivity contribution < 1.29 is 0 Å². The lowest BCUT2D eigenvalue weighted by Crippen LogP contribution is -2.08. The van der Waals surface area contributed by atoms with Crippen LogP contribution in [0.1, 0.15) is 33.4 Å². The Labute approximate surface area is 102 Å². The number of rotatable bonds is 5. The van der Waals surface area contributed by atoms with E-state index in [1.54, 1.807) is 0 Å². The number of hydrogen-bond acceptors (Lipinski definition) is 4. The van der Waals surface area contributed by atoms with Crippen molar-refractivity contribution >= 4 is 17.7 Å². The highest BCUT2D eigenvalue weighted by atomic mass is 32.2. The van der Waals surface area contributed by atoms with E-state index in [-0.39, 0.29) is 0 Å². The minimum atomic E-state index is 0.573. The summed E-state index contributed by atoms with van der Waals surface area (Å²) < 4.78 is 0. The number of anilines is 1. The molecule has 90 valence electrons. The number of aromatic nitrogens is 2. The maximum atomic E-state index is 4.49. The molecule has 0 saturated carbocycles. The van der Waals surface area contributed by atoms with Gasteiger partial charge in [0.25, 0.3) is 0 Å². The summed E-state index contributed by atoms with van der Waals surface area (Å²) in [5, 5.41) is 4.79. The summed E-state index contributed by atoms with van der Waals surface area (Å²) in [7, 11) is 0. The summed E-state index contributed by atoms with van der Waals surface area (Å²) in [6, 6.07) is 2.05. The number of nitrogens with one attached hydrogen (secondary N) is 1. The molecule has 0 amide bonds. The molecular formula is C12H21N3S. The van der Waals surface area contributed by atoms with Crippen LogP contribution >= 0.6 is 11.8 Å². The van der Waals surface area contributed by atoms with E-state index in [9.17, 15) is 0 Å². The van der Waals surface area contributed by atoms with Crippen LogP contribution in [0.15, 0.2) is 11.1 Å². The molecule has 1 N–H and O–H groups in total. The van der Waals surface area contributed by atoms with Crippen LogP contribution in [0, 0.1) is 12.8 Å². The van der Waals surface area contributed by atoms with Crippen LogP contribution in [0.25, 0.3) is 0 Å². The first-order chi connectivity index (χ1) is 7.52. The molecule has 1 aromatic rings. The van der Waals surface area contributed by atoms with Gasteiger partial charge in [0.2, 0.25) is 5.95 Å². The Balaban J connectivity index is 2.79. The van der Waals surface area contributed by atoms with E-state index < -0.39 is 0 Å². The quantitative estimate of drug-likeness (QED) is 0.631. The molecule has 1 atom stereocenters. The highest BCUT2D eigenvalue weighted by Crippen LogP contribution is 2.27. The van der Waals surface area contributed by atoms with Gasteiger partial charge in [0.05, 0.1) is 0 Å². The van der Waals surface area contributed by atoms with E-state index in [2.05, 4.69) is 43.0 Å². The molecule has 0 aliphatic rings. The zero-order valence-electron chi connectivity index (χ0n) is 10.7. The van der Waals surface area contributed by atoms with Gasteiger partial charge in [-0.25, -0.2) is 9.97 Å². The van der Waals surface area contributed by atoms with Gasteiger partial charge in [-0.15, -0.1) is 11.8 Å². The summed E-state index contributed by atoms with van der Waals surface area (Å²) in [6.07, 6.45) is 0. The predicted octanol–water partition coefficient (Wildman–Crippen LogP) is 3.35. The second-order valence-electron chi connectivity index (χ2n) is 4.27. The van der Waals surface area contributed by atoms with Gasteiger partial charge < -0.3 is 5.32 Å². The molecule has 0 bridgehead atoms. The fourth-order valence-electron chi connectivity index (χ4n) is 1.16. The number of hydrogen-bond donors (Lipinski definition) is 1. The van der Waals surface area contributed by atoms with E-state index in [0.717, 1.165) is 23.2 Å². The number of nitrogens with zero attached hydrogens (tertiary/aromatic N) is 2. The highest BCUT2D eigenvalue weighted by molar-refractivity contribution is 7.99. The average Bonchev–Trinajstić information content (AvgIpc) is 2.16. The van der Waals surface area contributed by atoms with Crippen LogP contribution in [0.2, 0.25) is 0 Å². The Bertz CT molecular complexity index is 339. The van der Waals surface area contributed by atoms with Crippen molar-refractivity contribution in [3.8, 4) is 0 Å². The lowest BCUT2D eigenvalue weighted by atomic mass is 10.2. The van der Waals surface area contributed by atoms with Crippen LogP contribution < -0.4 is 5.32 Å². The average molecular weight is 239 g/mol. The fourth-order valence-corrected chi connectivity index (χ4v) is 2.19. The standard InChI is InChI=1S/C12H21N3S/c1-6-13-12-14-9(4)7-11(15-12)16-10(5)8(2)3/h7-8,10H,6H2,1-5H3,(H,13,14,15). The van der Waals surface area contributed by atoms with Crippen molar-refractivity contribution in [3.63, 3.8) is 0 Å². The van der Waals surface area contributed by atoms with Crippen LogP contribution in [0.5, 0.6) is 0 Å². The molecule has 3 nitrogen and oxygen atoms in total. The summed E-state index contributed by atoms with van der Waals surface area (Å²) in [4.78, 5) is 8.83. The Morgan fingerprint density at radius 3 is 2.56 bits per heavy atom. The van der Waals surface area contributed by atoms with Gasteiger partial charge >= 0.3 is 0 Å². The van der Waals surface area contributed by atoms with Crippen LogP contribution in [0.3, 0.4) is 0 Å². The minimum absolute atomic E-state index is 0.573. The lowest BCUT2D eigenvalue weighted by molar-refractivity contribution is 0.641. The fraction of sp³-hybridized carbons (Fsp3) is 0.667. The third-order valence-electron chi connectivity index (χ3n) is 2.41. The molecular weight excluding hydrogens is 218 g/mol. The molecule has 0 fully saturated rings. The summed E-state index contributed by atoms with van der Waals surface area (Å²) in [6.45, 7) is 11.6. The first-order valence-electron chi connectivity index (χ1n) is 5.79. The molecule has 16 heavy (non-hydrogen) atoms. The number of thioether (sulfide) groups is 1. The van der Waals surface area contributed by atoms with Crippen LogP contribution in [0.4, 0.5) is 5.95 Å². The van der Waals surface area contributed by atoms with Gasteiger partial charge in [-0.05, 0) is 25.8 Å². The summed E-state index contributed by atoms with van der Waals surface area (Å²) in [5.74, 6) is 1.39. The zero-order chi connectivity index (χ0) is 12.1. The lowest BCUT2D eigenvalue weighted by Gasteiger charge is -2.15. The summed E-state index contributed by atoms with van der Waals surface area (Å²) >= 11 is 1.81. The maximum Gasteiger partial charge on any atom is 0.223 e. The van der Waals surface area contributed by atoms with Crippen molar-refractivity contribution in [2.75, 3.05) is 11.9 Å². The van der Waals surface area contributed by atoms with E-state index in [1.165, 1.54) is 0 Å². The Morgan fingerprint density at radius 2 is 2.00 bits per heavy atom. The summed E-state index contributed by atoms with van der Waals surface area (Å²) in [5.41, 5.74) is 1.02. The predicted molar refractivity (Wildman–Crippen MR) is 71.1 cm³/mol. The number of aryl methyl sites for hydroxylation is 1. The Hall–Kier alpha value is -0.770. The minimum Gasteiger partial charge on any atom is -0.354 e. The van der Waals surface area contributed by atoms with E-state index >= 15 is 0 Å². The van der Waals surface area contributed by atoms with Gasteiger partial charge in [0.1, 0.15) is 5.03 Å². The van der Waals surface area contributed by atoms with Gasteiger partial charge in [-0.2, -0.15) is 0 Å². The van der Waals surface area contributed by atoms with Gasteiger partial charge in [-0.1, -0.05) is 20.8 Å².